The summed E-state index contributed by atoms with van der Waals surface area (Å²) in [6.45, 7) is 9.59. The number of hydrogen-bond acceptors (Lipinski definition) is 5. The molecule has 0 atom stereocenters. The average Bonchev–Trinajstić information content (AvgIpc) is 2.66. The highest BCUT2D eigenvalue weighted by molar-refractivity contribution is 5.85. The topological polar surface area (TPSA) is 50.3 Å². The third kappa shape index (κ3) is 6.43. The third-order valence-electron chi connectivity index (χ3n) is 3.57. The summed E-state index contributed by atoms with van der Waals surface area (Å²) in [5.41, 5.74) is 1.99. The number of halogens is 1. The van der Waals surface area contributed by atoms with Crippen LogP contribution >= 0.6 is 12.4 Å². The van der Waals surface area contributed by atoms with E-state index in [0.29, 0.717) is 0 Å². The van der Waals surface area contributed by atoms with E-state index in [4.69, 9.17) is 4.74 Å². The molecule has 2 heterocycles. The quantitative estimate of drug-likeness (QED) is 0.896. The number of hydrogen-bond donors (Lipinski definition) is 1. The Morgan fingerprint density at radius 3 is 2.33 bits per heavy atom. The first-order valence-electron chi connectivity index (χ1n) is 8.35. The van der Waals surface area contributed by atoms with Crippen molar-refractivity contribution in [1.82, 2.24) is 15.1 Å². The van der Waals surface area contributed by atoms with Crippen LogP contribution in [0.2, 0.25) is 0 Å². The Kier molecular flexibility index (Phi) is 10.00. The van der Waals surface area contributed by atoms with Gasteiger partial charge in [0.15, 0.2) is 0 Å². The van der Waals surface area contributed by atoms with Gasteiger partial charge in [-0.05, 0) is 12.1 Å². The van der Waals surface area contributed by atoms with Crippen LogP contribution in [0.5, 0.6) is 0 Å². The summed E-state index contributed by atoms with van der Waals surface area (Å²) in [5, 5.41) is 11.8. The van der Waals surface area contributed by atoms with E-state index in [0.717, 1.165) is 56.5 Å². The lowest BCUT2D eigenvalue weighted by atomic mass is 10.1. The summed E-state index contributed by atoms with van der Waals surface area (Å²) in [6.07, 6.45) is 0. The molecule has 1 aliphatic heterocycles. The number of rotatable bonds is 5. The molecule has 0 unspecified atom stereocenters. The van der Waals surface area contributed by atoms with Gasteiger partial charge >= 0.3 is 0 Å². The van der Waals surface area contributed by atoms with Gasteiger partial charge in [-0.2, -0.15) is 0 Å². The van der Waals surface area contributed by atoms with E-state index in [9.17, 15) is 0 Å². The molecule has 1 aromatic carbocycles. The van der Waals surface area contributed by atoms with Gasteiger partial charge < -0.3 is 10.1 Å². The molecule has 132 valence electrons. The van der Waals surface area contributed by atoms with Gasteiger partial charge in [0, 0.05) is 31.7 Å². The van der Waals surface area contributed by atoms with Crippen LogP contribution in [-0.4, -0.2) is 54.5 Å². The first-order valence-corrected chi connectivity index (χ1v) is 8.35. The zero-order valence-corrected chi connectivity index (χ0v) is 15.3. The molecule has 2 aromatic rings. The maximum atomic E-state index is 5.34. The standard InChI is InChI=1S/C16H20N4O.C2H6.ClH/c1-2-4-14(5-3-1)15-6-7-16(19-18-15)17-8-9-20-10-12-21-13-11-20;1-2;/h1-7H,8-13H2,(H,17,19);1-2H3;1H. The van der Waals surface area contributed by atoms with Crippen LogP contribution < -0.4 is 5.32 Å². The second kappa shape index (κ2) is 11.8. The van der Waals surface area contributed by atoms with Crippen LogP contribution in [0.25, 0.3) is 11.3 Å². The Bertz CT molecular complexity index is 545. The Balaban J connectivity index is 0.000000925. The summed E-state index contributed by atoms with van der Waals surface area (Å²) in [7, 11) is 0. The Morgan fingerprint density at radius 2 is 1.71 bits per heavy atom. The average molecular weight is 351 g/mol. The van der Waals surface area contributed by atoms with Gasteiger partial charge in [-0.1, -0.05) is 44.2 Å². The molecule has 0 saturated carbocycles. The van der Waals surface area contributed by atoms with Crippen LogP contribution in [0.1, 0.15) is 13.8 Å². The molecule has 5 nitrogen and oxygen atoms in total. The number of benzene rings is 1. The minimum atomic E-state index is 0. The molecule has 1 fully saturated rings. The minimum Gasteiger partial charge on any atom is -0.379 e. The van der Waals surface area contributed by atoms with E-state index in [2.05, 4.69) is 20.4 Å². The van der Waals surface area contributed by atoms with Gasteiger partial charge in [0.2, 0.25) is 0 Å². The minimum absolute atomic E-state index is 0. The van der Waals surface area contributed by atoms with E-state index in [1.54, 1.807) is 0 Å². The summed E-state index contributed by atoms with van der Waals surface area (Å²) in [5.74, 6) is 0.822. The highest BCUT2D eigenvalue weighted by Crippen LogP contribution is 2.16. The second-order valence-corrected chi connectivity index (χ2v) is 5.05. The van der Waals surface area contributed by atoms with E-state index in [1.165, 1.54) is 0 Å². The van der Waals surface area contributed by atoms with Crippen molar-refractivity contribution < 1.29 is 4.74 Å². The number of aromatic nitrogens is 2. The van der Waals surface area contributed by atoms with Crippen LogP contribution in [0, 0.1) is 0 Å². The van der Waals surface area contributed by atoms with Crippen molar-refractivity contribution in [1.29, 1.82) is 0 Å². The van der Waals surface area contributed by atoms with Crippen molar-refractivity contribution in [3.8, 4) is 11.3 Å². The third-order valence-corrected chi connectivity index (χ3v) is 3.57. The van der Waals surface area contributed by atoms with Crippen molar-refractivity contribution in [2.75, 3.05) is 44.7 Å². The highest BCUT2D eigenvalue weighted by atomic mass is 35.5. The molecule has 1 N–H and O–H groups in total. The monoisotopic (exact) mass is 350 g/mol. The highest BCUT2D eigenvalue weighted by Gasteiger charge is 2.09. The van der Waals surface area contributed by atoms with Gasteiger partial charge in [0.25, 0.3) is 0 Å². The summed E-state index contributed by atoms with van der Waals surface area (Å²) < 4.78 is 5.34. The van der Waals surface area contributed by atoms with E-state index >= 15 is 0 Å². The van der Waals surface area contributed by atoms with Crippen molar-refractivity contribution in [3.05, 3.63) is 42.5 Å². The first kappa shape index (κ1) is 20.4. The van der Waals surface area contributed by atoms with E-state index in [-0.39, 0.29) is 12.4 Å². The smallest absolute Gasteiger partial charge is 0.148 e. The predicted octanol–water partition coefficient (Wildman–Crippen LogP) is 3.34. The fourth-order valence-corrected chi connectivity index (χ4v) is 2.36. The van der Waals surface area contributed by atoms with Gasteiger partial charge in [-0.3, -0.25) is 4.90 Å². The molecular formula is C18H27ClN4O. The normalized spacial score (nSPS) is 14.1. The Labute approximate surface area is 150 Å². The summed E-state index contributed by atoms with van der Waals surface area (Å²) >= 11 is 0. The number of anilines is 1. The second-order valence-electron chi connectivity index (χ2n) is 5.05. The molecule has 0 aliphatic carbocycles. The fourth-order valence-electron chi connectivity index (χ4n) is 2.36. The molecule has 24 heavy (non-hydrogen) atoms. The van der Waals surface area contributed by atoms with Gasteiger partial charge in [-0.25, -0.2) is 0 Å². The van der Waals surface area contributed by atoms with Crippen LogP contribution in [0.4, 0.5) is 5.82 Å². The maximum Gasteiger partial charge on any atom is 0.148 e. The predicted molar refractivity (Wildman–Crippen MR) is 102 cm³/mol. The zero-order valence-electron chi connectivity index (χ0n) is 14.4. The fraction of sp³-hybridized carbons (Fsp3) is 0.444. The molecule has 0 amide bonds. The molecular weight excluding hydrogens is 324 g/mol. The van der Waals surface area contributed by atoms with Gasteiger partial charge in [0.1, 0.15) is 5.82 Å². The van der Waals surface area contributed by atoms with Crippen LogP contribution in [-0.2, 0) is 4.74 Å². The van der Waals surface area contributed by atoms with Crippen LogP contribution in [0.15, 0.2) is 42.5 Å². The largest absolute Gasteiger partial charge is 0.379 e. The van der Waals surface area contributed by atoms with Crippen molar-refractivity contribution >= 4 is 18.2 Å². The Hall–Kier alpha value is -1.69. The lowest BCUT2D eigenvalue weighted by Crippen LogP contribution is -2.39. The molecule has 1 aliphatic rings. The zero-order chi connectivity index (χ0) is 16.3. The SMILES string of the molecule is CC.Cl.c1ccc(-c2ccc(NCCN3CCOCC3)nn2)cc1. The summed E-state index contributed by atoms with van der Waals surface area (Å²) in [4.78, 5) is 2.39. The number of morpholine rings is 1. The maximum absolute atomic E-state index is 5.34. The number of ether oxygens (including phenoxy) is 1. The van der Waals surface area contributed by atoms with E-state index < -0.39 is 0 Å². The lowest BCUT2D eigenvalue weighted by molar-refractivity contribution is 0.0398. The molecule has 6 heteroatoms. The number of nitrogens with zero attached hydrogens (tertiary/aromatic N) is 3. The lowest BCUT2D eigenvalue weighted by Gasteiger charge is -2.26. The number of nitrogens with one attached hydrogen (secondary N) is 1. The molecule has 0 spiro atoms. The molecule has 0 bridgehead atoms. The van der Waals surface area contributed by atoms with Crippen LogP contribution in [0.3, 0.4) is 0 Å². The van der Waals surface area contributed by atoms with Gasteiger partial charge in [-0.15, -0.1) is 22.6 Å². The Morgan fingerprint density at radius 1 is 1.00 bits per heavy atom. The first-order chi connectivity index (χ1) is 11.4. The van der Waals surface area contributed by atoms with Crippen molar-refractivity contribution in [3.63, 3.8) is 0 Å². The van der Waals surface area contributed by atoms with Crippen molar-refractivity contribution in [2.24, 2.45) is 0 Å². The van der Waals surface area contributed by atoms with Crippen molar-refractivity contribution in [2.45, 2.75) is 13.8 Å². The van der Waals surface area contributed by atoms with E-state index in [1.807, 2.05) is 56.3 Å². The molecule has 1 aromatic heterocycles. The molecule has 0 radical (unpaired) electrons. The summed E-state index contributed by atoms with van der Waals surface area (Å²) in [6, 6.07) is 14.1. The molecule has 1 saturated heterocycles. The van der Waals surface area contributed by atoms with Gasteiger partial charge in [0.05, 0.1) is 18.9 Å². The molecule has 3 rings (SSSR count).